The van der Waals surface area contributed by atoms with Crippen LogP contribution in [0.2, 0.25) is 5.02 Å². The lowest BCUT2D eigenvalue weighted by atomic mass is 9.81. The third-order valence-corrected chi connectivity index (χ3v) is 8.72. The Bertz CT molecular complexity index is 1480. The highest BCUT2D eigenvalue weighted by atomic mass is 35.5. The number of fused-ring (bicyclic) bond motifs is 2. The summed E-state index contributed by atoms with van der Waals surface area (Å²) in [4.78, 5) is 48.8. The lowest BCUT2D eigenvalue weighted by molar-refractivity contribution is -0.192. The quantitative estimate of drug-likeness (QED) is 0.318. The van der Waals surface area contributed by atoms with E-state index in [1.165, 1.54) is 16.2 Å². The van der Waals surface area contributed by atoms with Gasteiger partial charge in [-0.1, -0.05) is 11.6 Å². The van der Waals surface area contributed by atoms with Crippen molar-refractivity contribution in [2.24, 2.45) is 5.92 Å². The molecule has 0 radical (unpaired) electrons. The molecule has 234 valence electrons. The minimum Gasteiger partial charge on any atom is -0.475 e. The van der Waals surface area contributed by atoms with E-state index >= 15 is 0 Å². The highest BCUT2D eigenvalue weighted by molar-refractivity contribution is 7.13. The van der Waals surface area contributed by atoms with E-state index < -0.39 is 12.1 Å². The monoisotopic (exact) mass is 642 g/mol. The molecule has 1 saturated carbocycles. The van der Waals surface area contributed by atoms with Gasteiger partial charge >= 0.3 is 12.1 Å². The molecule has 10 nitrogen and oxygen atoms in total. The maximum atomic E-state index is 13.3. The average Bonchev–Trinajstić information content (AvgIpc) is 3.53. The van der Waals surface area contributed by atoms with Crippen LogP contribution in [0.5, 0.6) is 0 Å². The standard InChI is InChI=1S/C26H33ClN6O2S.C2HF3O2/c1-32(2)13-15-4-6-19(29-24(34)22-12-16-11-17(27)5-7-18(16)28-22)21(10-15)30-25(35)26-31-20-8-9-33(3)14-23(20)36-26;3-2(4,5)1(6)7/h5,7,11-12,15,19,21,28H,4,6,8-10,13-14H2,1-3H3,(H,29,34)(H,30,35);(H,6,7)/t15-,19-,21+;/m1./s1. The maximum Gasteiger partial charge on any atom is 0.490 e. The number of carbonyl (C=O) groups is 3. The van der Waals surface area contributed by atoms with Crippen LogP contribution in [-0.2, 0) is 17.8 Å². The molecule has 0 unspecified atom stereocenters. The molecule has 2 amide bonds. The van der Waals surface area contributed by atoms with Crippen molar-refractivity contribution < 1.29 is 32.7 Å². The van der Waals surface area contributed by atoms with Crippen LogP contribution in [0.4, 0.5) is 13.2 Å². The van der Waals surface area contributed by atoms with Crippen LogP contribution in [0, 0.1) is 5.92 Å². The third-order valence-electron chi connectivity index (χ3n) is 7.40. The largest absolute Gasteiger partial charge is 0.490 e. The zero-order chi connectivity index (χ0) is 31.5. The molecule has 15 heteroatoms. The first kappa shape index (κ1) is 32.7. The second kappa shape index (κ2) is 13.6. The van der Waals surface area contributed by atoms with E-state index in [0.29, 0.717) is 21.6 Å². The van der Waals surface area contributed by atoms with Crippen LogP contribution < -0.4 is 10.6 Å². The van der Waals surface area contributed by atoms with E-state index in [-0.39, 0.29) is 23.9 Å². The number of nitrogens with zero attached hydrogens (tertiary/aromatic N) is 3. The molecule has 2 aromatic heterocycles. The highest BCUT2D eigenvalue weighted by Gasteiger charge is 2.38. The number of likely N-dealkylation sites (N-methyl/N-ethyl adjacent to an activating group) is 1. The first-order valence-electron chi connectivity index (χ1n) is 13.7. The molecule has 3 heterocycles. The summed E-state index contributed by atoms with van der Waals surface area (Å²) in [6, 6.07) is 7.01. The Hall–Kier alpha value is -3.20. The molecule has 2 aliphatic rings. The van der Waals surface area contributed by atoms with Gasteiger partial charge in [0.05, 0.1) is 5.69 Å². The van der Waals surface area contributed by atoms with Gasteiger partial charge in [0.15, 0.2) is 5.01 Å². The number of nitrogens with one attached hydrogen (secondary N) is 3. The van der Waals surface area contributed by atoms with E-state index in [0.717, 1.165) is 61.9 Å². The molecule has 1 aromatic carbocycles. The topological polar surface area (TPSA) is 131 Å². The minimum atomic E-state index is -5.08. The van der Waals surface area contributed by atoms with Crippen LogP contribution in [0.15, 0.2) is 24.3 Å². The second-order valence-electron chi connectivity index (χ2n) is 11.2. The summed E-state index contributed by atoms with van der Waals surface area (Å²) in [5, 5.41) is 15.6. The fraction of sp³-hybridized carbons (Fsp3) is 0.500. The number of carboxylic acids is 1. The molecule has 1 fully saturated rings. The minimum absolute atomic E-state index is 0.146. The van der Waals surface area contributed by atoms with Crippen molar-refractivity contribution in [3.63, 3.8) is 0 Å². The SMILES string of the molecule is CN(C)C[C@@H]1CC[C@@H](NC(=O)c2cc3cc(Cl)ccc3[nH]2)[C@@H](NC(=O)c2nc3c(s2)CN(C)CC3)C1.O=C(O)C(F)(F)F. The van der Waals surface area contributed by atoms with Gasteiger partial charge in [-0.25, -0.2) is 9.78 Å². The molecule has 3 aromatic rings. The Kier molecular flexibility index (Phi) is 10.4. The maximum absolute atomic E-state index is 13.3. The van der Waals surface area contributed by atoms with Crippen LogP contribution in [0.25, 0.3) is 10.9 Å². The fourth-order valence-electron chi connectivity index (χ4n) is 5.39. The van der Waals surface area contributed by atoms with E-state index in [4.69, 9.17) is 21.5 Å². The van der Waals surface area contributed by atoms with Crippen LogP contribution in [0.1, 0.15) is 50.1 Å². The molecular weight excluding hydrogens is 609 g/mol. The van der Waals surface area contributed by atoms with Crippen LogP contribution in [-0.4, -0.2) is 95.2 Å². The van der Waals surface area contributed by atoms with Crippen molar-refractivity contribution in [3.05, 3.63) is 50.6 Å². The number of thiazole rings is 1. The van der Waals surface area contributed by atoms with Gasteiger partial charge in [-0.3, -0.25) is 9.59 Å². The number of H-pyrrole nitrogens is 1. The van der Waals surface area contributed by atoms with Gasteiger partial charge in [0, 0.05) is 58.9 Å². The van der Waals surface area contributed by atoms with Gasteiger partial charge in [0.25, 0.3) is 11.8 Å². The number of hydrogen-bond donors (Lipinski definition) is 4. The Balaban J connectivity index is 0.000000541. The Morgan fingerprint density at radius 2 is 1.86 bits per heavy atom. The molecule has 1 aliphatic heterocycles. The summed E-state index contributed by atoms with van der Waals surface area (Å²) < 4.78 is 31.7. The van der Waals surface area contributed by atoms with Crippen LogP contribution in [0.3, 0.4) is 0 Å². The number of halogens is 4. The number of aromatic nitrogens is 2. The van der Waals surface area contributed by atoms with E-state index in [2.05, 4.69) is 51.5 Å². The molecule has 0 saturated heterocycles. The van der Waals surface area contributed by atoms with Crippen molar-refractivity contribution in [1.29, 1.82) is 0 Å². The molecule has 0 bridgehead atoms. The number of aromatic amines is 1. The number of benzene rings is 1. The Labute approximate surface area is 255 Å². The van der Waals surface area contributed by atoms with Crippen molar-refractivity contribution in [2.75, 3.05) is 34.2 Å². The molecule has 0 spiro atoms. The second-order valence-corrected chi connectivity index (χ2v) is 12.7. The molecule has 43 heavy (non-hydrogen) atoms. The van der Waals surface area contributed by atoms with Gasteiger partial charge in [-0.15, -0.1) is 11.3 Å². The molecular formula is C28H34ClF3N6O4S. The first-order valence-corrected chi connectivity index (χ1v) is 14.9. The third kappa shape index (κ3) is 8.68. The normalized spacial score (nSPS) is 20.7. The van der Waals surface area contributed by atoms with Crippen molar-refractivity contribution in [2.45, 2.75) is 50.5 Å². The Morgan fingerprint density at radius 3 is 2.53 bits per heavy atom. The predicted octanol–water partition coefficient (Wildman–Crippen LogP) is 4.16. The Morgan fingerprint density at radius 1 is 1.16 bits per heavy atom. The van der Waals surface area contributed by atoms with E-state index in [9.17, 15) is 22.8 Å². The van der Waals surface area contributed by atoms with Gasteiger partial charge in [-0.05, 0) is 70.6 Å². The summed E-state index contributed by atoms with van der Waals surface area (Å²) >= 11 is 7.59. The number of aliphatic carboxylic acids is 1. The van der Waals surface area contributed by atoms with Crippen molar-refractivity contribution in [1.82, 2.24) is 30.4 Å². The summed E-state index contributed by atoms with van der Waals surface area (Å²) in [6.45, 7) is 2.75. The lowest BCUT2D eigenvalue weighted by Crippen LogP contribution is -2.55. The molecule has 4 N–H and O–H groups in total. The summed E-state index contributed by atoms with van der Waals surface area (Å²) in [7, 11) is 6.23. The number of carbonyl (C=O) groups excluding carboxylic acids is 2. The van der Waals surface area contributed by atoms with Gasteiger partial charge in [0.1, 0.15) is 5.69 Å². The number of alkyl halides is 3. The zero-order valence-corrected chi connectivity index (χ0v) is 25.5. The number of hydrogen-bond acceptors (Lipinski definition) is 7. The van der Waals surface area contributed by atoms with Crippen LogP contribution >= 0.6 is 22.9 Å². The molecule has 5 rings (SSSR count). The molecule has 1 aliphatic carbocycles. The molecule has 3 atom stereocenters. The number of rotatable bonds is 6. The summed E-state index contributed by atoms with van der Waals surface area (Å²) in [5.74, 6) is -2.63. The predicted molar refractivity (Wildman–Crippen MR) is 158 cm³/mol. The first-order chi connectivity index (χ1) is 20.2. The smallest absolute Gasteiger partial charge is 0.475 e. The zero-order valence-electron chi connectivity index (χ0n) is 23.9. The average molecular weight is 643 g/mol. The van der Waals surface area contributed by atoms with Gasteiger partial charge in [-0.2, -0.15) is 13.2 Å². The summed E-state index contributed by atoms with van der Waals surface area (Å²) in [6.07, 6.45) is -1.60. The van der Waals surface area contributed by atoms with Crippen molar-refractivity contribution in [3.8, 4) is 0 Å². The summed E-state index contributed by atoms with van der Waals surface area (Å²) in [5.41, 5.74) is 2.40. The van der Waals surface area contributed by atoms with E-state index in [1.54, 1.807) is 6.07 Å². The van der Waals surface area contributed by atoms with Crippen molar-refractivity contribution >= 4 is 51.6 Å². The highest BCUT2D eigenvalue weighted by Crippen LogP contribution is 2.28. The fourth-order valence-corrected chi connectivity index (χ4v) is 6.67. The lowest BCUT2D eigenvalue weighted by Gasteiger charge is -2.37. The number of carboxylic acid groups (broad SMARTS) is 1. The van der Waals surface area contributed by atoms with Gasteiger partial charge < -0.3 is 30.5 Å². The number of amides is 2. The van der Waals surface area contributed by atoms with E-state index in [1.807, 2.05) is 18.2 Å². The van der Waals surface area contributed by atoms with Gasteiger partial charge in [0.2, 0.25) is 0 Å².